The quantitative estimate of drug-likeness (QED) is 0.846. The van der Waals surface area contributed by atoms with E-state index in [1.165, 1.54) is 12.1 Å². The van der Waals surface area contributed by atoms with Gasteiger partial charge in [-0.1, -0.05) is 0 Å². The Morgan fingerprint density at radius 1 is 1.00 bits per heavy atom. The summed E-state index contributed by atoms with van der Waals surface area (Å²) in [7, 11) is 0. The topological polar surface area (TPSA) is 59.0 Å². The molecule has 0 spiro atoms. The fourth-order valence-electron chi connectivity index (χ4n) is 1.41. The van der Waals surface area contributed by atoms with Crippen LogP contribution in [0.1, 0.15) is 5.56 Å². The van der Waals surface area contributed by atoms with Crippen molar-refractivity contribution in [2.75, 3.05) is 5.73 Å². The zero-order valence-electron chi connectivity index (χ0n) is 9.45. The van der Waals surface area contributed by atoms with Crippen molar-refractivity contribution in [1.82, 2.24) is 0 Å². The molecule has 0 saturated heterocycles. The molecule has 0 saturated carbocycles. The maximum absolute atomic E-state index is 13.5. The predicted molar refractivity (Wildman–Crippen MR) is 62.0 cm³/mol. The van der Waals surface area contributed by atoms with Crippen molar-refractivity contribution in [2.24, 2.45) is 0 Å². The van der Waals surface area contributed by atoms with Crippen LogP contribution < -0.4 is 10.5 Å². The first-order valence-electron chi connectivity index (χ1n) is 5.13. The zero-order chi connectivity index (χ0) is 14.0. The molecule has 0 fully saturated rings. The number of anilines is 1. The van der Waals surface area contributed by atoms with Crippen LogP contribution in [0.3, 0.4) is 0 Å². The maximum atomic E-state index is 13.5. The van der Waals surface area contributed by atoms with Gasteiger partial charge in [0.2, 0.25) is 0 Å². The summed E-state index contributed by atoms with van der Waals surface area (Å²) < 4.78 is 45.1. The van der Waals surface area contributed by atoms with Crippen LogP contribution >= 0.6 is 0 Å². The van der Waals surface area contributed by atoms with Crippen molar-refractivity contribution in [2.45, 2.75) is 0 Å². The Morgan fingerprint density at radius 3 is 2.16 bits per heavy atom. The Morgan fingerprint density at radius 2 is 1.63 bits per heavy atom. The molecule has 2 rings (SSSR count). The summed E-state index contributed by atoms with van der Waals surface area (Å²) in [4.78, 5) is 0. The van der Waals surface area contributed by atoms with Gasteiger partial charge in [0.05, 0.1) is 17.3 Å². The number of nitrogens with zero attached hydrogens (tertiary/aromatic N) is 1. The second-order valence-corrected chi connectivity index (χ2v) is 3.67. The molecule has 2 N–H and O–H groups in total. The van der Waals surface area contributed by atoms with Crippen molar-refractivity contribution in [3.05, 3.63) is 53.3 Å². The van der Waals surface area contributed by atoms with E-state index >= 15 is 0 Å². The number of nitrogen functional groups attached to an aromatic ring is 1. The molecule has 0 radical (unpaired) electrons. The predicted octanol–water partition coefficient (Wildman–Crippen LogP) is 3.35. The Bertz CT molecular complexity index is 657. The number of ether oxygens (including phenoxy) is 1. The molecule has 0 aliphatic carbocycles. The number of benzene rings is 2. The second kappa shape index (κ2) is 4.90. The molecule has 19 heavy (non-hydrogen) atoms. The molecule has 96 valence electrons. The number of halogens is 3. The fraction of sp³-hybridized carbons (Fsp3) is 0. The molecule has 3 nitrogen and oxygen atoms in total. The molecule has 6 heteroatoms. The molecular weight excluding hydrogens is 257 g/mol. The number of rotatable bonds is 2. The van der Waals surface area contributed by atoms with Gasteiger partial charge in [-0.15, -0.1) is 0 Å². The molecule has 0 aromatic heterocycles. The van der Waals surface area contributed by atoms with Crippen LogP contribution in [-0.2, 0) is 0 Å². The van der Waals surface area contributed by atoms with Gasteiger partial charge >= 0.3 is 0 Å². The normalized spacial score (nSPS) is 10.0. The molecule has 2 aromatic rings. The van der Waals surface area contributed by atoms with Gasteiger partial charge in [0.25, 0.3) is 0 Å². The van der Waals surface area contributed by atoms with E-state index in [2.05, 4.69) is 0 Å². The number of hydrogen-bond acceptors (Lipinski definition) is 3. The highest BCUT2D eigenvalue weighted by atomic mass is 19.1. The van der Waals surface area contributed by atoms with E-state index in [0.29, 0.717) is 0 Å². The van der Waals surface area contributed by atoms with E-state index in [9.17, 15) is 13.2 Å². The van der Waals surface area contributed by atoms with E-state index in [4.69, 9.17) is 15.7 Å². The minimum Gasteiger partial charge on any atom is -0.451 e. The van der Waals surface area contributed by atoms with E-state index in [1.807, 2.05) is 0 Å². The summed E-state index contributed by atoms with van der Waals surface area (Å²) in [5.41, 5.74) is 4.99. The zero-order valence-corrected chi connectivity index (χ0v) is 9.45. The third kappa shape index (κ3) is 2.60. The van der Waals surface area contributed by atoms with Gasteiger partial charge < -0.3 is 10.5 Å². The smallest absolute Gasteiger partial charge is 0.198 e. The third-order valence-corrected chi connectivity index (χ3v) is 2.32. The van der Waals surface area contributed by atoms with Crippen molar-refractivity contribution in [1.29, 1.82) is 5.26 Å². The first kappa shape index (κ1) is 12.8. The Balaban J connectivity index is 2.38. The average molecular weight is 264 g/mol. The summed E-state index contributed by atoms with van der Waals surface area (Å²) in [6.07, 6.45) is 0. The summed E-state index contributed by atoms with van der Waals surface area (Å²) >= 11 is 0. The first-order valence-corrected chi connectivity index (χ1v) is 5.13. The largest absolute Gasteiger partial charge is 0.451 e. The van der Waals surface area contributed by atoms with E-state index in [0.717, 1.165) is 18.2 Å². The molecule has 0 aliphatic heterocycles. The Labute approximate surface area is 106 Å². The lowest BCUT2D eigenvalue weighted by molar-refractivity contribution is 0.405. The third-order valence-electron chi connectivity index (χ3n) is 2.32. The molecule has 0 bridgehead atoms. The van der Waals surface area contributed by atoms with Gasteiger partial charge in [0.1, 0.15) is 11.6 Å². The SMILES string of the molecule is N#Cc1cc(F)c(Oc2ccc(N)c(F)c2)c(F)c1. The standard InChI is InChI=1S/C13H7F3N2O/c14-9-5-8(1-2-12(9)18)19-13-10(15)3-7(6-17)4-11(13)16/h1-5H,18H2. The monoisotopic (exact) mass is 264 g/mol. The number of hydrogen-bond donors (Lipinski definition) is 1. The summed E-state index contributed by atoms with van der Waals surface area (Å²) in [5, 5.41) is 8.55. The van der Waals surface area contributed by atoms with Gasteiger partial charge in [-0.05, 0) is 24.3 Å². The van der Waals surface area contributed by atoms with Crippen LogP contribution in [0.2, 0.25) is 0 Å². The molecule has 2 aromatic carbocycles. The van der Waals surface area contributed by atoms with Crippen LogP contribution in [0, 0.1) is 28.8 Å². The lowest BCUT2D eigenvalue weighted by atomic mass is 10.2. The highest BCUT2D eigenvalue weighted by molar-refractivity contribution is 5.45. The van der Waals surface area contributed by atoms with Crippen LogP contribution in [-0.4, -0.2) is 0 Å². The van der Waals surface area contributed by atoms with Gasteiger partial charge in [-0.25, -0.2) is 13.2 Å². The second-order valence-electron chi connectivity index (χ2n) is 3.67. The lowest BCUT2D eigenvalue weighted by Crippen LogP contribution is -1.96. The molecule has 0 unspecified atom stereocenters. The van der Waals surface area contributed by atoms with Crippen molar-refractivity contribution >= 4 is 5.69 Å². The summed E-state index contributed by atoms with van der Waals surface area (Å²) in [6, 6.07) is 6.65. The van der Waals surface area contributed by atoms with Gasteiger partial charge in [-0.3, -0.25) is 0 Å². The first-order chi connectivity index (χ1) is 9.01. The Kier molecular flexibility index (Phi) is 3.29. The number of nitriles is 1. The molecule has 0 atom stereocenters. The summed E-state index contributed by atoms with van der Waals surface area (Å²) in [6.45, 7) is 0. The Hall–Kier alpha value is -2.68. The van der Waals surface area contributed by atoms with E-state index < -0.39 is 23.2 Å². The van der Waals surface area contributed by atoms with Gasteiger partial charge in [0.15, 0.2) is 17.4 Å². The molecule has 0 heterocycles. The minimum atomic E-state index is -1.05. The maximum Gasteiger partial charge on any atom is 0.198 e. The van der Waals surface area contributed by atoms with Gasteiger partial charge in [-0.2, -0.15) is 5.26 Å². The molecule has 0 amide bonds. The van der Waals surface area contributed by atoms with E-state index in [-0.39, 0.29) is 17.0 Å². The lowest BCUT2D eigenvalue weighted by Gasteiger charge is -2.08. The van der Waals surface area contributed by atoms with Crippen molar-refractivity contribution < 1.29 is 17.9 Å². The van der Waals surface area contributed by atoms with Crippen molar-refractivity contribution in [3.63, 3.8) is 0 Å². The fourth-order valence-corrected chi connectivity index (χ4v) is 1.41. The highest BCUT2D eigenvalue weighted by Crippen LogP contribution is 2.29. The number of nitrogens with two attached hydrogens (primary N) is 1. The van der Waals surface area contributed by atoms with Crippen LogP contribution in [0.5, 0.6) is 11.5 Å². The van der Waals surface area contributed by atoms with Crippen LogP contribution in [0.4, 0.5) is 18.9 Å². The molecular formula is C13H7F3N2O. The summed E-state index contributed by atoms with van der Waals surface area (Å²) in [5.74, 6) is -3.66. The van der Waals surface area contributed by atoms with E-state index in [1.54, 1.807) is 6.07 Å². The van der Waals surface area contributed by atoms with Crippen LogP contribution in [0.15, 0.2) is 30.3 Å². The average Bonchev–Trinajstić information content (AvgIpc) is 2.37. The minimum absolute atomic E-state index is 0.103. The van der Waals surface area contributed by atoms with Gasteiger partial charge in [0, 0.05) is 6.07 Å². The van der Waals surface area contributed by atoms with Crippen molar-refractivity contribution in [3.8, 4) is 17.6 Å². The highest BCUT2D eigenvalue weighted by Gasteiger charge is 2.14. The molecule has 0 aliphatic rings. The van der Waals surface area contributed by atoms with Crippen LogP contribution in [0.25, 0.3) is 0 Å².